The maximum absolute atomic E-state index is 10.9. The van der Waals surface area contributed by atoms with Crippen LogP contribution in [0.4, 0.5) is 0 Å². The minimum absolute atomic E-state index is 0.394. The van der Waals surface area contributed by atoms with Crippen LogP contribution in [0.1, 0.15) is 6.92 Å². The minimum Gasteiger partial charge on any atom is -0.203 e. The lowest BCUT2D eigenvalue weighted by Gasteiger charge is -1.94. The molecular weight excluding hydrogens is 190 g/mol. The van der Waals surface area contributed by atoms with Gasteiger partial charge in [0.2, 0.25) is 0 Å². The summed E-state index contributed by atoms with van der Waals surface area (Å²) in [6.45, 7) is 1.65. The summed E-state index contributed by atoms with van der Waals surface area (Å²) in [5.74, 6) is 0. The molecule has 0 aromatic rings. The lowest BCUT2D eigenvalue weighted by atomic mass is 11.0. The first-order valence-corrected chi connectivity index (χ1v) is 6.21. The van der Waals surface area contributed by atoms with Crippen molar-refractivity contribution >= 4 is 37.9 Å². The van der Waals surface area contributed by atoms with Crippen LogP contribution in [0.2, 0.25) is 0 Å². The van der Waals surface area contributed by atoms with Crippen molar-refractivity contribution in [1.82, 2.24) is 0 Å². The Morgan fingerprint density at radius 2 is 2.30 bits per heavy atom. The number of thioether (sulfide) groups is 2. The number of nitrogens with zero attached hydrogens (tertiary/aromatic N) is 1. The Balaban J connectivity index is 2.93. The van der Waals surface area contributed by atoms with Crippen LogP contribution in [-0.4, -0.2) is 23.6 Å². The summed E-state index contributed by atoms with van der Waals surface area (Å²) in [6.07, 6.45) is 1.82. The minimum atomic E-state index is -3.16. The second kappa shape index (κ2) is 2.75. The van der Waals surface area contributed by atoms with E-state index in [4.69, 9.17) is 0 Å². The van der Waals surface area contributed by atoms with Crippen LogP contribution in [0.25, 0.3) is 0 Å². The van der Waals surface area contributed by atoms with Gasteiger partial charge in [-0.3, -0.25) is 0 Å². The lowest BCUT2D eigenvalue weighted by molar-refractivity contribution is 0.598. The second-order valence-corrected chi connectivity index (χ2v) is 6.36. The monoisotopic (exact) mass is 197 g/mol. The predicted octanol–water partition coefficient (Wildman–Crippen LogP) is 1.13. The molecule has 0 bridgehead atoms. The quantitative estimate of drug-likeness (QED) is 0.584. The Morgan fingerprint density at radius 1 is 1.70 bits per heavy atom. The van der Waals surface area contributed by atoms with E-state index in [1.165, 1.54) is 23.5 Å². The molecule has 1 heterocycles. The Kier molecular flexibility index (Phi) is 2.31. The molecule has 6 heteroatoms. The number of hydrogen-bond acceptors (Lipinski definition) is 4. The maximum Gasteiger partial charge on any atom is 0.267 e. The molecule has 0 amide bonds. The molecule has 0 fully saturated rings. The van der Waals surface area contributed by atoms with Gasteiger partial charge in [0.1, 0.15) is 8.96 Å². The van der Waals surface area contributed by atoms with E-state index in [-0.39, 0.29) is 0 Å². The zero-order valence-electron chi connectivity index (χ0n) is 5.57. The molecule has 1 rings (SSSR count). The highest BCUT2D eigenvalue weighted by molar-refractivity contribution is 8.43. The second-order valence-electron chi connectivity index (χ2n) is 1.76. The van der Waals surface area contributed by atoms with Crippen molar-refractivity contribution in [3.63, 3.8) is 0 Å². The molecule has 0 aliphatic carbocycles. The Labute approximate surface area is 68.7 Å². The topological polar surface area (TPSA) is 46.5 Å². The van der Waals surface area contributed by atoms with Crippen LogP contribution < -0.4 is 0 Å². The molecule has 1 aliphatic heterocycles. The molecule has 0 spiro atoms. The molecule has 10 heavy (non-hydrogen) atoms. The molecular formula is C4H7NO2S3. The summed E-state index contributed by atoms with van der Waals surface area (Å²) in [5, 5.41) is 0. The highest BCUT2D eigenvalue weighted by Gasteiger charge is 2.29. The predicted molar refractivity (Wildman–Crippen MR) is 46.9 cm³/mol. The normalized spacial score (nSPS) is 30.2. The highest BCUT2D eigenvalue weighted by Crippen LogP contribution is 2.32. The van der Waals surface area contributed by atoms with Crippen LogP contribution in [-0.2, 0) is 10.0 Å². The van der Waals surface area contributed by atoms with Gasteiger partial charge in [-0.1, -0.05) is 11.8 Å². The summed E-state index contributed by atoms with van der Waals surface area (Å²) in [7, 11) is -3.16. The van der Waals surface area contributed by atoms with Crippen molar-refractivity contribution in [3.8, 4) is 0 Å². The van der Waals surface area contributed by atoms with Gasteiger partial charge in [-0.2, -0.15) is 0 Å². The first-order valence-electron chi connectivity index (χ1n) is 2.60. The van der Waals surface area contributed by atoms with Crippen LogP contribution in [0.15, 0.2) is 4.40 Å². The first-order chi connectivity index (χ1) is 4.56. The molecule has 0 saturated heterocycles. The highest BCUT2D eigenvalue weighted by atomic mass is 32.3. The molecule has 0 saturated carbocycles. The van der Waals surface area contributed by atoms with Gasteiger partial charge in [0, 0.05) is 0 Å². The Hall–Kier alpha value is 0.320. The fourth-order valence-corrected chi connectivity index (χ4v) is 4.11. The van der Waals surface area contributed by atoms with Crippen molar-refractivity contribution in [2.75, 3.05) is 6.26 Å². The average molecular weight is 197 g/mol. The largest absolute Gasteiger partial charge is 0.267 e. The van der Waals surface area contributed by atoms with Gasteiger partial charge in [0.15, 0.2) is 0 Å². The smallest absolute Gasteiger partial charge is 0.203 e. The number of sulfonamides is 1. The van der Waals surface area contributed by atoms with Crippen molar-refractivity contribution in [1.29, 1.82) is 0 Å². The van der Waals surface area contributed by atoms with Gasteiger partial charge in [-0.25, -0.2) is 8.42 Å². The number of rotatable bonds is 0. The van der Waals surface area contributed by atoms with Crippen molar-refractivity contribution in [2.24, 2.45) is 4.40 Å². The van der Waals surface area contributed by atoms with E-state index in [1.54, 1.807) is 6.92 Å². The molecule has 1 atom stereocenters. The summed E-state index contributed by atoms with van der Waals surface area (Å²) < 4.78 is 25.6. The van der Waals surface area contributed by atoms with E-state index in [1.807, 2.05) is 6.26 Å². The SMILES string of the molecule is CSC1=NS(=O)(=O)C(C)S1. The summed E-state index contributed by atoms with van der Waals surface area (Å²) >= 11 is 2.67. The fourth-order valence-electron chi connectivity index (χ4n) is 0.488. The summed E-state index contributed by atoms with van der Waals surface area (Å²) in [4.78, 5) is 0. The van der Waals surface area contributed by atoms with Crippen molar-refractivity contribution in [3.05, 3.63) is 0 Å². The standard InChI is InChI=1S/C4H7NO2S3/c1-3-9-4(8-2)5-10(3,6)7/h3H,1-2H3. The van der Waals surface area contributed by atoms with E-state index in [9.17, 15) is 8.42 Å². The summed E-state index contributed by atoms with van der Waals surface area (Å²) in [6, 6.07) is 0. The third kappa shape index (κ3) is 1.49. The third-order valence-corrected chi connectivity index (χ3v) is 5.44. The molecule has 58 valence electrons. The summed E-state index contributed by atoms with van der Waals surface area (Å²) in [5.41, 5.74) is 0. The molecule has 1 aliphatic rings. The van der Waals surface area contributed by atoms with E-state index < -0.39 is 14.6 Å². The van der Waals surface area contributed by atoms with Crippen LogP contribution >= 0.6 is 23.5 Å². The zero-order valence-corrected chi connectivity index (χ0v) is 8.02. The van der Waals surface area contributed by atoms with Gasteiger partial charge < -0.3 is 0 Å². The van der Waals surface area contributed by atoms with Crippen molar-refractivity contribution < 1.29 is 8.42 Å². The Bertz CT molecular complexity index is 256. The molecule has 0 aromatic carbocycles. The maximum atomic E-state index is 10.9. The van der Waals surface area contributed by atoms with Crippen LogP contribution in [0.5, 0.6) is 0 Å². The van der Waals surface area contributed by atoms with E-state index in [2.05, 4.69) is 4.40 Å². The fraction of sp³-hybridized carbons (Fsp3) is 0.750. The van der Waals surface area contributed by atoms with E-state index in [0.717, 1.165) is 0 Å². The Morgan fingerprint density at radius 3 is 2.50 bits per heavy atom. The lowest BCUT2D eigenvalue weighted by Crippen LogP contribution is -2.04. The van der Waals surface area contributed by atoms with Crippen molar-refractivity contribution in [2.45, 2.75) is 11.5 Å². The zero-order chi connectivity index (χ0) is 7.78. The van der Waals surface area contributed by atoms with Gasteiger partial charge in [-0.15, -0.1) is 16.2 Å². The number of hydrogen-bond donors (Lipinski definition) is 0. The van der Waals surface area contributed by atoms with E-state index in [0.29, 0.717) is 4.38 Å². The van der Waals surface area contributed by atoms with Crippen LogP contribution in [0.3, 0.4) is 0 Å². The van der Waals surface area contributed by atoms with E-state index >= 15 is 0 Å². The molecule has 0 aromatic heterocycles. The van der Waals surface area contributed by atoms with Gasteiger partial charge in [-0.05, 0) is 13.2 Å². The van der Waals surface area contributed by atoms with Gasteiger partial charge >= 0.3 is 0 Å². The molecule has 0 radical (unpaired) electrons. The van der Waals surface area contributed by atoms with Gasteiger partial charge in [0.05, 0.1) is 0 Å². The first kappa shape index (κ1) is 8.42. The molecule has 1 unspecified atom stereocenters. The van der Waals surface area contributed by atoms with Gasteiger partial charge in [0.25, 0.3) is 10.0 Å². The van der Waals surface area contributed by atoms with Crippen LogP contribution in [0, 0.1) is 0 Å². The average Bonchev–Trinajstić information content (AvgIpc) is 2.08. The molecule has 3 nitrogen and oxygen atoms in total. The molecule has 0 N–H and O–H groups in total. The third-order valence-electron chi connectivity index (χ3n) is 1.06.